The normalized spacial score (nSPS) is 14.4. The van der Waals surface area contributed by atoms with Crippen LogP contribution < -0.4 is 4.90 Å². The molecule has 27 heavy (non-hydrogen) atoms. The first-order chi connectivity index (χ1) is 13.1. The van der Waals surface area contributed by atoms with Crippen LogP contribution in [0.25, 0.3) is 11.5 Å². The number of anilines is 1. The van der Waals surface area contributed by atoms with Gasteiger partial charge in [0.25, 0.3) is 17.7 Å². The molecule has 1 aromatic heterocycles. The molecule has 0 radical (unpaired) electrons. The summed E-state index contributed by atoms with van der Waals surface area (Å²) >= 11 is 12.2. The molecule has 4 rings (SSSR count). The molecule has 0 bridgehead atoms. The smallest absolute Gasteiger partial charge is 0.266 e. The fourth-order valence-corrected chi connectivity index (χ4v) is 3.37. The van der Waals surface area contributed by atoms with Gasteiger partial charge in [0.05, 0.1) is 15.6 Å². The molecular formula is C19H16Cl2N4O2. The zero-order valence-corrected chi connectivity index (χ0v) is 15.8. The second-order valence-electron chi connectivity index (χ2n) is 6.15. The van der Waals surface area contributed by atoms with E-state index in [4.69, 9.17) is 27.7 Å². The van der Waals surface area contributed by atoms with E-state index in [0.717, 1.165) is 5.56 Å². The minimum atomic E-state index is -0.125. The lowest BCUT2D eigenvalue weighted by molar-refractivity contribution is 0.0746. The highest BCUT2D eigenvalue weighted by Crippen LogP contribution is 2.27. The van der Waals surface area contributed by atoms with E-state index in [1.165, 1.54) is 0 Å². The van der Waals surface area contributed by atoms with Crippen LogP contribution in [0.1, 0.15) is 10.4 Å². The van der Waals surface area contributed by atoms with E-state index < -0.39 is 0 Å². The highest BCUT2D eigenvalue weighted by molar-refractivity contribution is 6.43. The average molecular weight is 403 g/mol. The molecule has 6 nitrogen and oxygen atoms in total. The molecule has 3 aromatic rings. The third-order valence-corrected chi connectivity index (χ3v) is 5.29. The zero-order valence-electron chi connectivity index (χ0n) is 14.3. The number of hydrogen-bond acceptors (Lipinski definition) is 5. The number of nitrogens with zero attached hydrogens (tertiary/aromatic N) is 4. The molecule has 2 aromatic carbocycles. The Morgan fingerprint density at radius 3 is 2.44 bits per heavy atom. The molecule has 0 atom stereocenters. The van der Waals surface area contributed by atoms with Crippen LogP contribution in [-0.4, -0.2) is 47.1 Å². The number of carbonyl (C=O) groups is 1. The van der Waals surface area contributed by atoms with Gasteiger partial charge in [0, 0.05) is 31.7 Å². The SMILES string of the molecule is O=C(c1cccc(Cl)c1Cl)N1CCN(c2noc(-c3ccccc3)n2)CC1. The fraction of sp³-hybridized carbons (Fsp3) is 0.211. The maximum absolute atomic E-state index is 12.7. The van der Waals surface area contributed by atoms with Crippen LogP contribution in [0.15, 0.2) is 53.1 Å². The van der Waals surface area contributed by atoms with Gasteiger partial charge in [0.2, 0.25) is 0 Å². The third-order valence-electron chi connectivity index (χ3n) is 4.47. The number of hydrogen-bond donors (Lipinski definition) is 0. The first-order valence-corrected chi connectivity index (χ1v) is 9.26. The number of halogens is 2. The van der Waals surface area contributed by atoms with Crippen molar-refractivity contribution in [2.75, 3.05) is 31.1 Å². The highest BCUT2D eigenvalue weighted by atomic mass is 35.5. The van der Waals surface area contributed by atoms with Gasteiger partial charge in [0.1, 0.15) is 0 Å². The van der Waals surface area contributed by atoms with Gasteiger partial charge in [-0.1, -0.05) is 47.5 Å². The van der Waals surface area contributed by atoms with Gasteiger partial charge in [-0.05, 0) is 29.4 Å². The molecule has 8 heteroatoms. The number of carbonyl (C=O) groups excluding carboxylic acids is 1. The standard InChI is InChI=1S/C19H16Cl2N4O2/c20-15-8-4-7-14(16(15)21)18(26)24-9-11-25(12-10-24)19-22-17(27-23-19)13-5-2-1-3-6-13/h1-8H,9-12H2. The molecule has 138 valence electrons. The van der Waals surface area contributed by atoms with Crippen LogP contribution in [0.2, 0.25) is 10.0 Å². The van der Waals surface area contributed by atoms with Crippen molar-refractivity contribution in [1.82, 2.24) is 15.0 Å². The number of rotatable bonds is 3. The second-order valence-corrected chi connectivity index (χ2v) is 6.93. The largest absolute Gasteiger partial charge is 0.335 e. The van der Waals surface area contributed by atoms with Crippen molar-refractivity contribution in [3.05, 3.63) is 64.1 Å². The Kier molecular flexibility index (Phi) is 5.01. The number of piperazine rings is 1. The van der Waals surface area contributed by atoms with Crippen molar-refractivity contribution in [3.63, 3.8) is 0 Å². The van der Waals surface area contributed by atoms with Crippen molar-refractivity contribution in [2.24, 2.45) is 0 Å². The lowest BCUT2D eigenvalue weighted by Crippen LogP contribution is -2.49. The van der Waals surface area contributed by atoms with Gasteiger partial charge < -0.3 is 14.3 Å². The Bertz CT molecular complexity index is 953. The monoisotopic (exact) mass is 402 g/mol. The van der Waals surface area contributed by atoms with Crippen molar-refractivity contribution >= 4 is 35.1 Å². The van der Waals surface area contributed by atoms with Crippen molar-refractivity contribution in [2.45, 2.75) is 0 Å². The van der Waals surface area contributed by atoms with E-state index in [1.807, 2.05) is 35.2 Å². The summed E-state index contributed by atoms with van der Waals surface area (Å²) in [5, 5.41) is 4.73. The van der Waals surface area contributed by atoms with Gasteiger partial charge in [-0.25, -0.2) is 0 Å². The Morgan fingerprint density at radius 1 is 0.963 bits per heavy atom. The minimum Gasteiger partial charge on any atom is -0.335 e. The third kappa shape index (κ3) is 3.63. The topological polar surface area (TPSA) is 62.5 Å². The number of amides is 1. The molecule has 1 aliphatic heterocycles. The van der Waals surface area contributed by atoms with Gasteiger partial charge in [-0.3, -0.25) is 4.79 Å². The van der Waals surface area contributed by atoms with Crippen LogP contribution in [0.4, 0.5) is 5.95 Å². The quantitative estimate of drug-likeness (QED) is 0.662. The van der Waals surface area contributed by atoms with Crippen LogP contribution in [-0.2, 0) is 0 Å². The lowest BCUT2D eigenvalue weighted by atomic mass is 10.2. The summed E-state index contributed by atoms with van der Waals surface area (Å²) < 4.78 is 5.36. The summed E-state index contributed by atoms with van der Waals surface area (Å²) in [6.07, 6.45) is 0. The van der Waals surface area contributed by atoms with Crippen LogP contribution >= 0.6 is 23.2 Å². The fourth-order valence-electron chi connectivity index (χ4n) is 2.99. The van der Waals surface area contributed by atoms with Gasteiger partial charge in [-0.15, -0.1) is 0 Å². The van der Waals surface area contributed by atoms with E-state index in [2.05, 4.69) is 10.1 Å². The van der Waals surface area contributed by atoms with E-state index >= 15 is 0 Å². The van der Waals surface area contributed by atoms with E-state index in [9.17, 15) is 4.79 Å². The molecule has 0 aliphatic carbocycles. The minimum absolute atomic E-state index is 0.125. The van der Waals surface area contributed by atoms with E-state index in [0.29, 0.717) is 48.6 Å². The molecule has 1 saturated heterocycles. The maximum atomic E-state index is 12.7. The van der Waals surface area contributed by atoms with E-state index in [1.54, 1.807) is 23.1 Å². The molecule has 0 N–H and O–H groups in total. The molecular weight excluding hydrogens is 387 g/mol. The number of aromatic nitrogens is 2. The summed E-state index contributed by atoms with van der Waals surface area (Å²) in [5.41, 5.74) is 1.30. The van der Waals surface area contributed by atoms with Crippen molar-refractivity contribution in [1.29, 1.82) is 0 Å². The van der Waals surface area contributed by atoms with Crippen molar-refractivity contribution in [3.8, 4) is 11.5 Å². The molecule has 1 amide bonds. The van der Waals surface area contributed by atoms with Gasteiger partial charge >= 0.3 is 0 Å². The zero-order chi connectivity index (χ0) is 18.8. The summed E-state index contributed by atoms with van der Waals surface area (Å²) in [6, 6.07) is 14.7. The molecule has 0 saturated carbocycles. The Labute approximate surface area is 166 Å². The van der Waals surface area contributed by atoms with Crippen LogP contribution in [0, 0.1) is 0 Å². The van der Waals surface area contributed by atoms with Crippen LogP contribution in [0.5, 0.6) is 0 Å². The molecule has 0 spiro atoms. The van der Waals surface area contributed by atoms with Gasteiger partial charge in [-0.2, -0.15) is 4.98 Å². The first-order valence-electron chi connectivity index (χ1n) is 8.51. The molecule has 2 heterocycles. The number of benzene rings is 2. The summed E-state index contributed by atoms with van der Waals surface area (Å²) in [5.74, 6) is 0.886. The second kappa shape index (κ2) is 7.58. The van der Waals surface area contributed by atoms with Crippen LogP contribution in [0.3, 0.4) is 0 Å². The molecule has 0 unspecified atom stereocenters. The molecule has 1 fully saturated rings. The van der Waals surface area contributed by atoms with E-state index in [-0.39, 0.29) is 10.9 Å². The Morgan fingerprint density at radius 2 is 1.70 bits per heavy atom. The Balaban J connectivity index is 1.43. The summed E-state index contributed by atoms with van der Waals surface area (Å²) in [4.78, 5) is 20.9. The van der Waals surface area contributed by atoms with Gasteiger partial charge in [0.15, 0.2) is 0 Å². The summed E-state index contributed by atoms with van der Waals surface area (Å²) in [7, 11) is 0. The maximum Gasteiger partial charge on any atom is 0.266 e. The predicted molar refractivity (Wildman–Crippen MR) is 104 cm³/mol. The summed E-state index contributed by atoms with van der Waals surface area (Å²) in [6.45, 7) is 2.29. The molecule has 1 aliphatic rings. The Hall–Kier alpha value is -2.57. The lowest BCUT2D eigenvalue weighted by Gasteiger charge is -2.34. The highest BCUT2D eigenvalue weighted by Gasteiger charge is 2.26. The predicted octanol–water partition coefficient (Wildman–Crippen LogP) is 4.01. The average Bonchev–Trinajstić information content (AvgIpc) is 3.21. The first kappa shape index (κ1) is 17.8. The van der Waals surface area contributed by atoms with Crippen molar-refractivity contribution < 1.29 is 9.32 Å².